The van der Waals surface area contributed by atoms with E-state index in [2.05, 4.69) is 48.3 Å². The van der Waals surface area contributed by atoms with Crippen molar-refractivity contribution in [3.8, 4) is 0 Å². The monoisotopic (exact) mass is 611 g/mol. The number of carbonyl (C=O) groups is 4. The van der Waals surface area contributed by atoms with Gasteiger partial charge in [0.05, 0.1) is 19.2 Å². The number of H-pyrrole nitrogens is 1. The number of Topliss-reactive ketones (excluding diaryl/α,β-unsaturated/α-hetero) is 1. The average molecular weight is 612 g/mol. The van der Waals surface area contributed by atoms with E-state index in [4.69, 9.17) is 5.11 Å². The van der Waals surface area contributed by atoms with E-state index in [0.29, 0.717) is 29.6 Å². The van der Waals surface area contributed by atoms with E-state index in [1.807, 2.05) is 24.0 Å². The molecule has 4 rings (SSSR count). The molecule has 0 aliphatic carbocycles. The summed E-state index contributed by atoms with van der Waals surface area (Å²) >= 11 is 0. The van der Waals surface area contributed by atoms with Gasteiger partial charge in [-0.25, -0.2) is 0 Å². The van der Waals surface area contributed by atoms with Crippen molar-refractivity contribution < 1.29 is 24.3 Å². The number of ketones is 1. The van der Waals surface area contributed by atoms with Gasteiger partial charge in [-0.05, 0) is 38.2 Å². The minimum absolute atomic E-state index is 0.0449. The van der Waals surface area contributed by atoms with E-state index < -0.39 is 29.7 Å². The number of benzene rings is 1. The van der Waals surface area contributed by atoms with Crippen LogP contribution >= 0.6 is 0 Å². The number of unbranched alkanes of at least 4 members (excludes halogenated alkanes) is 3. The number of amides is 3. The smallest absolute Gasteiger partial charge is 0.251 e. The number of aromatic nitrogens is 1. The molecule has 0 saturated carbocycles. The Labute approximate surface area is 262 Å². The summed E-state index contributed by atoms with van der Waals surface area (Å²) in [7, 11) is 0. The van der Waals surface area contributed by atoms with Crippen molar-refractivity contribution in [1.82, 2.24) is 25.8 Å². The molecule has 0 radical (unpaired) electrons. The number of piperidine rings is 1. The van der Waals surface area contributed by atoms with Crippen LogP contribution in [0.5, 0.6) is 0 Å². The summed E-state index contributed by atoms with van der Waals surface area (Å²) in [6.45, 7) is 13.0. The third kappa shape index (κ3) is 11.1. The number of aliphatic hydroxyl groups is 1. The fourth-order valence-electron chi connectivity index (χ4n) is 4.99. The molecule has 244 valence electrons. The standard InChI is InChI=1S/C22H25N5O4.C8H18O.C4H10/c1-13-10-24-22(31)19(20(29)15-11-23-16-7-3-2-6-14(15)16)26-18(28)12-25-21(30)17-8-4-5-9-27(13)17;1-3-5-6-7-8(9)4-2;1-3-4-2/h2-3,6-7,11,17,19,23H,1,4-5,8-10,12H2,(H,24,31)(H,25,30)(H,26,28);8-9H,3-7H2,1-2H3;3-4H2,1-2H3. The number of nitrogens with one attached hydrogen (secondary N) is 4. The van der Waals surface area contributed by atoms with Crippen molar-refractivity contribution >= 4 is 34.4 Å². The molecule has 2 aliphatic rings. The minimum atomic E-state index is -1.42. The van der Waals surface area contributed by atoms with Crippen LogP contribution < -0.4 is 16.0 Å². The molecule has 2 saturated heterocycles. The molecule has 3 amide bonds. The molecule has 3 unspecified atom stereocenters. The lowest BCUT2D eigenvalue weighted by molar-refractivity contribution is -0.131. The Morgan fingerprint density at radius 2 is 1.68 bits per heavy atom. The first-order valence-electron chi connectivity index (χ1n) is 16.3. The Balaban J connectivity index is 0.000000438. The van der Waals surface area contributed by atoms with Gasteiger partial charge in [-0.3, -0.25) is 19.2 Å². The highest BCUT2D eigenvalue weighted by Gasteiger charge is 2.34. The highest BCUT2D eigenvalue weighted by molar-refractivity contribution is 6.19. The molecule has 3 heterocycles. The fraction of sp³-hybridized carbons (Fsp3) is 0.588. The highest BCUT2D eigenvalue weighted by atomic mass is 16.3. The molecule has 0 spiro atoms. The Hall–Kier alpha value is -3.66. The number of hydrogen-bond donors (Lipinski definition) is 5. The van der Waals surface area contributed by atoms with Gasteiger partial charge in [0.25, 0.3) is 5.91 Å². The van der Waals surface area contributed by atoms with Gasteiger partial charge in [0, 0.05) is 34.9 Å². The van der Waals surface area contributed by atoms with Gasteiger partial charge < -0.3 is 30.9 Å². The van der Waals surface area contributed by atoms with E-state index >= 15 is 0 Å². The molecule has 1 aromatic carbocycles. The van der Waals surface area contributed by atoms with E-state index in [9.17, 15) is 19.2 Å². The first kappa shape index (κ1) is 36.5. The molecule has 10 nitrogen and oxygen atoms in total. The van der Waals surface area contributed by atoms with Crippen molar-refractivity contribution in [3.63, 3.8) is 0 Å². The maximum absolute atomic E-state index is 13.2. The quantitative estimate of drug-likeness (QED) is 0.168. The molecule has 2 aromatic rings. The second kappa shape index (κ2) is 19.6. The summed E-state index contributed by atoms with van der Waals surface area (Å²) in [6, 6.07) is 5.37. The molecule has 44 heavy (non-hydrogen) atoms. The number of rotatable bonds is 8. The van der Waals surface area contributed by atoms with Crippen LogP contribution in [0.15, 0.2) is 42.7 Å². The summed E-state index contributed by atoms with van der Waals surface area (Å²) < 4.78 is 0. The number of fused-ring (bicyclic) bond motifs is 2. The zero-order valence-corrected chi connectivity index (χ0v) is 27.0. The Morgan fingerprint density at radius 3 is 2.36 bits per heavy atom. The molecular weight excluding hydrogens is 558 g/mol. The number of carbonyl (C=O) groups excluding carboxylic acids is 4. The third-order valence-corrected chi connectivity index (χ3v) is 7.90. The second-order valence-corrected chi connectivity index (χ2v) is 11.4. The molecule has 10 heteroatoms. The van der Waals surface area contributed by atoms with E-state index in [1.54, 1.807) is 12.1 Å². The van der Waals surface area contributed by atoms with Crippen LogP contribution in [0.25, 0.3) is 10.9 Å². The predicted molar refractivity (Wildman–Crippen MR) is 175 cm³/mol. The van der Waals surface area contributed by atoms with Crippen LogP contribution in [0.1, 0.15) is 102 Å². The maximum atomic E-state index is 13.2. The van der Waals surface area contributed by atoms with Crippen LogP contribution in [0.4, 0.5) is 0 Å². The van der Waals surface area contributed by atoms with Crippen LogP contribution in [-0.4, -0.2) is 76.3 Å². The summed E-state index contributed by atoms with van der Waals surface area (Å²) in [4.78, 5) is 56.1. The van der Waals surface area contributed by atoms with Gasteiger partial charge in [-0.1, -0.05) is 84.6 Å². The van der Waals surface area contributed by atoms with Crippen molar-refractivity contribution in [2.45, 2.75) is 110 Å². The van der Waals surface area contributed by atoms with E-state index in [-0.39, 0.29) is 25.1 Å². The number of aliphatic hydroxyl groups excluding tert-OH is 1. The maximum Gasteiger partial charge on any atom is 0.251 e. The number of hydrogen-bond acceptors (Lipinski definition) is 6. The molecular formula is C34H53N5O5. The Bertz CT molecular complexity index is 1220. The molecule has 2 aliphatic heterocycles. The SMILES string of the molecule is C=C1CNC(=O)C(C(=O)c2c[nH]c3ccccc23)NC(=O)CNC(=O)C2CCCCN12.CCCC.CCCCCC(O)CC. The summed E-state index contributed by atoms with van der Waals surface area (Å²) in [5.74, 6) is -2.02. The van der Waals surface area contributed by atoms with Gasteiger partial charge >= 0.3 is 0 Å². The largest absolute Gasteiger partial charge is 0.393 e. The first-order chi connectivity index (χ1) is 21.2. The van der Waals surface area contributed by atoms with Crippen molar-refractivity contribution in [1.29, 1.82) is 0 Å². The van der Waals surface area contributed by atoms with Crippen molar-refractivity contribution in [2.75, 3.05) is 19.6 Å². The molecule has 2 fully saturated rings. The fourth-order valence-corrected chi connectivity index (χ4v) is 4.99. The Kier molecular flexibility index (Phi) is 16.3. The molecule has 0 bridgehead atoms. The second-order valence-electron chi connectivity index (χ2n) is 11.4. The van der Waals surface area contributed by atoms with Crippen LogP contribution in [-0.2, 0) is 14.4 Å². The zero-order valence-electron chi connectivity index (χ0n) is 27.0. The first-order valence-corrected chi connectivity index (χ1v) is 16.3. The van der Waals surface area contributed by atoms with Crippen molar-refractivity contribution in [2.24, 2.45) is 0 Å². The lowest BCUT2D eigenvalue weighted by atomic mass is 10.00. The van der Waals surface area contributed by atoms with E-state index in [0.717, 1.165) is 31.2 Å². The van der Waals surface area contributed by atoms with Crippen LogP contribution in [0.2, 0.25) is 0 Å². The molecule has 3 atom stereocenters. The topological polar surface area (TPSA) is 144 Å². The van der Waals surface area contributed by atoms with Crippen LogP contribution in [0.3, 0.4) is 0 Å². The van der Waals surface area contributed by atoms with Gasteiger partial charge in [-0.15, -0.1) is 0 Å². The lowest BCUT2D eigenvalue weighted by Crippen LogP contribution is -2.57. The minimum Gasteiger partial charge on any atom is -0.393 e. The molecule has 1 aromatic heterocycles. The summed E-state index contributed by atoms with van der Waals surface area (Å²) in [5.41, 5.74) is 1.66. The summed E-state index contributed by atoms with van der Waals surface area (Å²) in [5, 5.41) is 17.5. The average Bonchev–Trinajstić information content (AvgIpc) is 3.49. The van der Waals surface area contributed by atoms with Crippen molar-refractivity contribution in [3.05, 3.63) is 48.3 Å². The number of nitrogens with zero attached hydrogens (tertiary/aromatic N) is 1. The zero-order chi connectivity index (χ0) is 32.5. The normalized spacial score (nSPS) is 19.8. The predicted octanol–water partition coefficient (Wildman–Crippen LogP) is 4.59. The van der Waals surface area contributed by atoms with Gasteiger partial charge in [0.1, 0.15) is 6.04 Å². The van der Waals surface area contributed by atoms with Crippen LogP contribution in [0, 0.1) is 0 Å². The molecule has 5 N–H and O–H groups in total. The third-order valence-electron chi connectivity index (χ3n) is 7.90. The van der Waals surface area contributed by atoms with Gasteiger partial charge in [0.2, 0.25) is 11.8 Å². The Morgan fingerprint density at radius 1 is 0.977 bits per heavy atom. The number of para-hydroxylation sites is 1. The van der Waals surface area contributed by atoms with Gasteiger partial charge in [0.15, 0.2) is 11.8 Å². The number of aromatic amines is 1. The highest BCUT2D eigenvalue weighted by Crippen LogP contribution is 2.22. The van der Waals surface area contributed by atoms with E-state index in [1.165, 1.54) is 38.3 Å². The van der Waals surface area contributed by atoms with Gasteiger partial charge in [-0.2, -0.15) is 0 Å². The summed E-state index contributed by atoms with van der Waals surface area (Å²) in [6.07, 6.45) is 12.2. The lowest BCUT2D eigenvalue weighted by Gasteiger charge is -2.38.